The van der Waals surface area contributed by atoms with Crippen molar-refractivity contribution in [3.05, 3.63) is 35.6 Å². The minimum atomic E-state index is 0.727. The van der Waals surface area contributed by atoms with E-state index in [1.165, 1.54) is 24.4 Å². The second-order valence-corrected chi connectivity index (χ2v) is 6.32. The van der Waals surface area contributed by atoms with E-state index in [9.17, 15) is 0 Å². The summed E-state index contributed by atoms with van der Waals surface area (Å²) in [5, 5.41) is 0.727. The zero-order valence-electron chi connectivity index (χ0n) is 11.3. The molecule has 0 bridgehead atoms. The minimum Gasteiger partial charge on any atom is -0.355 e. The number of hydrogen-bond acceptors (Lipinski definition) is 5. The number of hydrogen-bond donors (Lipinski definition) is 0. The van der Waals surface area contributed by atoms with E-state index in [4.69, 9.17) is 11.6 Å². The number of benzene rings is 1. The Hall–Kier alpha value is -1.72. The molecule has 0 atom stereocenters. The van der Waals surface area contributed by atoms with Crippen LogP contribution >= 0.6 is 23.1 Å². The van der Waals surface area contributed by atoms with Crippen molar-refractivity contribution < 1.29 is 0 Å². The normalized spacial score (nSPS) is 15.0. The molecule has 4 rings (SSSR count). The van der Waals surface area contributed by atoms with E-state index in [1.807, 2.05) is 24.3 Å². The number of fused-ring (bicyclic) bond motifs is 1. The van der Waals surface area contributed by atoms with E-state index in [0.717, 1.165) is 45.4 Å². The Morgan fingerprint density at radius 2 is 1.81 bits per heavy atom. The predicted molar refractivity (Wildman–Crippen MR) is 87.1 cm³/mol. The maximum Gasteiger partial charge on any atom is 0.151 e. The lowest BCUT2D eigenvalue weighted by Gasteiger charge is -2.15. The van der Waals surface area contributed by atoms with Crippen LogP contribution in [0.4, 0.5) is 5.82 Å². The summed E-state index contributed by atoms with van der Waals surface area (Å²) in [7, 11) is 0. The second kappa shape index (κ2) is 5.24. The number of aromatic nitrogens is 3. The molecule has 1 fully saturated rings. The molecule has 3 heterocycles. The van der Waals surface area contributed by atoms with Crippen LogP contribution in [0.3, 0.4) is 0 Å². The van der Waals surface area contributed by atoms with Crippen LogP contribution < -0.4 is 4.90 Å². The van der Waals surface area contributed by atoms with Crippen LogP contribution in [-0.4, -0.2) is 27.4 Å². The second-order valence-electron chi connectivity index (χ2n) is 5.11. The fraction of sp³-hybridized carbons (Fsp3) is 0.267. The van der Waals surface area contributed by atoms with Gasteiger partial charge in [0, 0.05) is 23.7 Å². The topological polar surface area (TPSA) is 41.9 Å². The molecule has 21 heavy (non-hydrogen) atoms. The molecule has 0 aliphatic carbocycles. The van der Waals surface area contributed by atoms with E-state index in [1.54, 1.807) is 6.33 Å². The van der Waals surface area contributed by atoms with Crippen molar-refractivity contribution in [1.82, 2.24) is 14.3 Å². The van der Waals surface area contributed by atoms with Crippen molar-refractivity contribution in [2.45, 2.75) is 12.8 Å². The molecule has 0 spiro atoms. The molecule has 0 saturated carbocycles. The summed E-state index contributed by atoms with van der Waals surface area (Å²) in [6.45, 7) is 2.14. The minimum absolute atomic E-state index is 0.727. The molecule has 1 aliphatic heterocycles. The summed E-state index contributed by atoms with van der Waals surface area (Å²) in [5.74, 6) is 1.02. The Kier molecular flexibility index (Phi) is 3.24. The molecule has 1 aromatic carbocycles. The molecule has 0 N–H and O–H groups in total. The summed E-state index contributed by atoms with van der Waals surface area (Å²) in [4.78, 5) is 11.3. The van der Waals surface area contributed by atoms with Gasteiger partial charge in [-0.15, -0.1) is 0 Å². The summed E-state index contributed by atoms with van der Waals surface area (Å²) in [5.41, 5.74) is 2.88. The lowest BCUT2D eigenvalue weighted by Crippen LogP contribution is -2.19. The van der Waals surface area contributed by atoms with E-state index in [2.05, 4.69) is 19.2 Å². The van der Waals surface area contributed by atoms with E-state index >= 15 is 0 Å². The first-order chi connectivity index (χ1) is 10.3. The first-order valence-corrected chi connectivity index (χ1v) is 8.09. The maximum absolute atomic E-state index is 5.95. The summed E-state index contributed by atoms with van der Waals surface area (Å²) >= 11 is 7.43. The molecule has 0 radical (unpaired) electrons. The highest BCUT2D eigenvalue weighted by Crippen LogP contribution is 2.35. The first kappa shape index (κ1) is 13.0. The fourth-order valence-corrected chi connectivity index (χ4v) is 3.70. The standard InChI is InChI=1S/C15H13ClN4S/c16-11-5-3-10(4-6-11)12-13-14(21-19-12)15(18-9-17-13)20-7-1-2-8-20/h3-6,9H,1-2,7-8H2. The van der Waals surface area contributed by atoms with Gasteiger partial charge in [-0.05, 0) is 36.5 Å². The Balaban J connectivity index is 1.85. The SMILES string of the molecule is Clc1ccc(-c2nsc3c(N4CCCC4)ncnc23)cc1. The smallest absolute Gasteiger partial charge is 0.151 e. The lowest BCUT2D eigenvalue weighted by atomic mass is 10.1. The van der Waals surface area contributed by atoms with E-state index in [-0.39, 0.29) is 0 Å². The van der Waals surface area contributed by atoms with Crippen LogP contribution in [0.1, 0.15) is 12.8 Å². The molecule has 3 aromatic rings. The third-order valence-corrected chi connectivity index (χ3v) is 4.85. The maximum atomic E-state index is 5.95. The molecule has 2 aromatic heterocycles. The fourth-order valence-electron chi connectivity index (χ4n) is 2.70. The van der Waals surface area contributed by atoms with Crippen molar-refractivity contribution in [2.75, 3.05) is 18.0 Å². The van der Waals surface area contributed by atoms with Crippen molar-refractivity contribution >= 4 is 39.2 Å². The van der Waals surface area contributed by atoms with Crippen molar-refractivity contribution in [2.24, 2.45) is 0 Å². The highest BCUT2D eigenvalue weighted by atomic mass is 35.5. The molecular formula is C15H13ClN4S. The van der Waals surface area contributed by atoms with Crippen molar-refractivity contribution in [3.8, 4) is 11.3 Å². The van der Waals surface area contributed by atoms with Crippen LogP contribution in [0, 0.1) is 0 Å². The zero-order valence-corrected chi connectivity index (χ0v) is 12.9. The van der Waals surface area contributed by atoms with Gasteiger partial charge in [-0.1, -0.05) is 23.7 Å². The van der Waals surface area contributed by atoms with Gasteiger partial charge in [0.2, 0.25) is 0 Å². The third kappa shape index (κ3) is 2.26. The number of rotatable bonds is 2. The Morgan fingerprint density at radius 1 is 1.05 bits per heavy atom. The van der Waals surface area contributed by atoms with Gasteiger partial charge in [-0.2, -0.15) is 4.37 Å². The quantitative estimate of drug-likeness (QED) is 0.716. The van der Waals surface area contributed by atoms with Crippen molar-refractivity contribution in [3.63, 3.8) is 0 Å². The van der Waals surface area contributed by atoms with Gasteiger partial charge in [-0.25, -0.2) is 9.97 Å². The summed E-state index contributed by atoms with van der Waals surface area (Å²) < 4.78 is 5.67. The van der Waals surface area contributed by atoms with Crippen LogP contribution in [0.25, 0.3) is 21.5 Å². The van der Waals surface area contributed by atoms with Gasteiger partial charge in [-0.3, -0.25) is 0 Å². The van der Waals surface area contributed by atoms with Gasteiger partial charge in [0.15, 0.2) is 5.82 Å². The predicted octanol–water partition coefficient (Wildman–Crippen LogP) is 4.01. The summed E-state index contributed by atoms with van der Waals surface area (Å²) in [6.07, 6.45) is 4.10. The van der Waals surface area contributed by atoms with Gasteiger partial charge >= 0.3 is 0 Å². The highest BCUT2D eigenvalue weighted by molar-refractivity contribution is 7.14. The number of nitrogens with zero attached hydrogens (tertiary/aromatic N) is 4. The molecule has 1 saturated heterocycles. The molecule has 0 amide bonds. The average molecular weight is 317 g/mol. The van der Waals surface area contributed by atoms with Crippen LogP contribution in [0.15, 0.2) is 30.6 Å². The van der Waals surface area contributed by atoms with Crippen molar-refractivity contribution in [1.29, 1.82) is 0 Å². The van der Waals surface area contributed by atoms with Gasteiger partial charge in [0.25, 0.3) is 0 Å². The molecule has 106 valence electrons. The monoisotopic (exact) mass is 316 g/mol. The van der Waals surface area contributed by atoms with Gasteiger partial charge in [0.1, 0.15) is 22.2 Å². The van der Waals surface area contributed by atoms with Crippen LogP contribution in [0.5, 0.6) is 0 Å². The number of halogens is 1. The lowest BCUT2D eigenvalue weighted by molar-refractivity contribution is 0.941. The first-order valence-electron chi connectivity index (χ1n) is 6.94. The van der Waals surface area contributed by atoms with Gasteiger partial charge in [0.05, 0.1) is 0 Å². The Bertz CT molecular complexity index is 778. The molecule has 0 unspecified atom stereocenters. The molecule has 1 aliphatic rings. The Labute approximate surface area is 131 Å². The molecular weight excluding hydrogens is 304 g/mol. The van der Waals surface area contributed by atoms with Crippen LogP contribution in [-0.2, 0) is 0 Å². The highest BCUT2D eigenvalue weighted by Gasteiger charge is 2.20. The number of anilines is 1. The largest absolute Gasteiger partial charge is 0.355 e. The Morgan fingerprint density at radius 3 is 2.57 bits per heavy atom. The van der Waals surface area contributed by atoms with E-state index in [0.29, 0.717) is 0 Å². The molecule has 6 heteroatoms. The zero-order chi connectivity index (χ0) is 14.2. The third-order valence-electron chi connectivity index (χ3n) is 3.76. The van der Waals surface area contributed by atoms with Crippen LogP contribution in [0.2, 0.25) is 5.02 Å². The molecule has 4 nitrogen and oxygen atoms in total. The van der Waals surface area contributed by atoms with Gasteiger partial charge < -0.3 is 4.90 Å². The average Bonchev–Trinajstić information content (AvgIpc) is 3.17. The summed E-state index contributed by atoms with van der Waals surface area (Å²) in [6, 6.07) is 7.72. The van der Waals surface area contributed by atoms with E-state index < -0.39 is 0 Å².